The van der Waals surface area contributed by atoms with Crippen molar-refractivity contribution in [2.75, 3.05) is 13.1 Å². The summed E-state index contributed by atoms with van der Waals surface area (Å²) in [7, 11) is 0. The molecule has 2 rings (SSSR count). The van der Waals surface area contributed by atoms with Gasteiger partial charge in [-0.05, 0) is 42.5 Å². The predicted molar refractivity (Wildman–Crippen MR) is 89.8 cm³/mol. The molecule has 0 amide bonds. The molecule has 1 saturated heterocycles. The van der Waals surface area contributed by atoms with Gasteiger partial charge in [-0.15, -0.1) is 0 Å². The molecule has 1 N–H and O–H groups in total. The van der Waals surface area contributed by atoms with E-state index in [4.69, 9.17) is 0 Å². The van der Waals surface area contributed by atoms with Gasteiger partial charge >= 0.3 is 0 Å². The topological polar surface area (TPSA) is 15.3 Å². The van der Waals surface area contributed by atoms with Gasteiger partial charge < -0.3 is 5.32 Å². The number of piperazine rings is 1. The molecule has 1 aliphatic heterocycles. The third kappa shape index (κ3) is 5.04. The number of rotatable bonds is 5. The quantitative estimate of drug-likeness (QED) is 0.850. The van der Waals surface area contributed by atoms with Crippen LogP contribution in [-0.4, -0.2) is 30.1 Å². The second-order valence-corrected chi connectivity index (χ2v) is 7.42. The number of benzene rings is 1. The van der Waals surface area contributed by atoms with Crippen LogP contribution in [0.2, 0.25) is 0 Å². The lowest BCUT2D eigenvalue weighted by molar-refractivity contribution is 0.105. The van der Waals surface area contributed by atoms with Crippen LogP contribution < -0.4 is 5.32 Å². The van der Waals surface area contributed by atoms with E-state index in [-0.39, 0.29) is 5.82 Å². The van der Waals surface area contributed by atoms with E-state index in [9.17, 15) is 4.39 Å². The lowest BCUT2D eigenvalue weighted by Gasteiger charge is -2.41. The van der Waals surface area contributed by atoms with E-state index in [1.165, 1.54) is 12.5 Å². The molecule has 1 aliphatic rings. The summed E-state index contributed by atoms with van der Waals surface area (Å²) >= 11 is 3.39. The smallest absolute Gasteiger partial charge is 0.124 e. The molecule has 1 aromatic carbocycles. The van der Waals surface area contributed by atoms with Crippen LogP contribution in [0, 0.1) is 11.7 Å². The highest BCUT2D eigenvalue weighted by atomic mass is 79.9. The summed E-state index contributed by atoms with van der Waals surface area (Å²) in [5, 5.41) is 3.64. The molecular formula is C17H26BrFN2. The fourth-order valence-electron chi connectivity index (χ4n) is 3.11. The molecular weight excluding hydrogens is 331 g/mol. The first kappa shape index (κ1) is 16.9. The molecule has 2 nitrogen and oxygen atoms in total. The van der Waals surface area contributed by atoms with Gasteiger partial charge in [-0.3, -0.25) is 4.90 Å². The van der Waals surface area contributed by atoms with Gasteiger partial charge in [-0.2, -0.15) is 0 Å². The molecule has 0 aromatic heterocycles. The largest absolute Gasteiger partial charge is 0.311 e. The maximum absolute atomic E-state index is 13.6. The molecule has 21 heavy (non-hydrogen) atoms. The first-order chi connectivity index (χ1) is 9.97. The Balaban J connectivity index is 2.11. The molecule has 2 atom stereocenters. The van der Waals surface area contributed by atoms with Crippen molar-refractivity contribution >= 4 is 15.9 Å². The van der Waals surface area contributed by atoms with Crippen molar-refractivity contribution in [2.24, 2.45) is 5.92 Å². The van der Waals surface area contributed by atoms with E-state index >= 15 is 0 Å². The van der Waals surface area contributed by atoms with Crippen LogP contribution in [0.1, 0.15) is 39.2 Å². The van der Waals surface area contributed by atoms with Gasteiger partial charge in [0.25, 0.3) is 0 Å². The maximum Gasteiger partial charge on any atom is 0.124 e. The summed E-state index contributed by atoms with van der Waals surface area (Å²) in [5.74, 6) is 0.513. The first-order valence-corrected chi connectivity index (χ1v) is 8.69. The second-order valence-electron chi connectivity index (χ2n) is 6.50. The lowest BCUT2D eigenvalue weighted by Crippen LogP contribution is -2.56. The average Bonchev–Trinajstić information content (AvgIpc) is 2.39. The zero-order valence-electron chi connectivity index (χ0n) is 13.2. The van der Waals surface area contributed by atoms with Gasteiger partial charge in [0.05, 0.1) is 0 Å². The molecule has 4 heteroatoms. The van der Waals surface area contributed by atoms with E-state index in [0.717, 1.165) is 36.1 Å². The van der Waals surface area contributed by atoms with Crippen LogP contribution in [0.25, 0.3) is 0 Å². The molecule has 1 heterocycles. The van der Waals surface area contributed by atoms with E-state index in [2.05, 4.69) is 46.9 Å². The van der Waals surface area contributed by atoms with Crippen molar-refractivity contribution in [3.05, 3.63) is 34.1 Å². The second kappa shape index (κ2) is 7.70. The van der Waals surface area contributed by atoms with Crippen molar-refractivity contribution in [3.63, 3.8) is 0 Å². The maximum atomic E-state index is 13.6. The minimum absolute atomic E-state index is 0.165. The van der Waals surface area contributed by atoms with Crippen LogP contribution in [0.15, 0.2) is 22.7 Å². The van der Waals surface area contributed by atoms with Crippen LogP contribution in [0.5, 0.6) is 0 Å². The summed E-state index contributed by atoms with van der Waals surface area (Å²) in [4.78, 5) is 2.52. The van der Waals surface area contributed by atoms with Gasteiger partial charge in [0.2, 0.25) is 0 Å². The zero-order valence-corrected chi connectivity index (χ0v) is 14.8. The summed E-state index contributed by atoms with van der Waals surface area (Å²) in [6, 6.07) is 6.28. The number of hydrogen-bond donors (Lipinski definition) is 1. The van der Waals surface area contributed by atoms with E-state index < -0.39 is 0 Å². The predicted octanol–water partition coefficient (Wildman–Crippen LogP) is 4.19. The van der Waals surface area contributed by atoms with E-state index in [1.807, 2.05) is 6.07 Å². The van der Waals surface area contributed by atoms with Crippen molar-refractivity contribution in [2.45, 2.75) is 52.2 Å². The van der Waals surface area contributed by atoms with E-state index in [1.54, 1.807) is 6.07 Å². The van der Waals surface area contributed by atoms with Gasteiger partial charge in [0.1, 0.15) is 5.82 Å². The zero-order chi connectivity index (χ0) is 15.4. The minimum atomic E-state index is -0.165. The van der Waals surface area contributed by atoms with Crippen molar-refractivity contribution in [1.29, 1.82) is 0 Å². The summed E-state index contributed by atoms with van der Waals surface area (Å²) in [6.45, 7) is 9.66. The summed E-state index contributed by atoms with van der Waals surface area (Å²) < 4.78 is 14.4. The van der Waals surface area contributed by atoms with Crippen molar-refractivity contribution < 1.29 is 4.39 Å². The number of hydrogen-bond acceptors (Lipinski definition) is 2. The molecule has 0 bridgehead atoms. The molecule has 0 saturated carbocycles. The molecule has 1 fully saturated rings. The summed E-state index contributed by atoms with van der Waals surface area (Å²) in [6.07, 6.45) is 2.32. The Bertz CT molecular complexity index is 444. The van der Waals surface area contributed by atoms with Gasteiger partial charge in [-0.1, -0.05) is 36.7 Å². The highest BCUT2D eigenvalue weighted by Gasteiger charge is 2.27. The number of nitrogens with zero attached hydrogens (tertiary/aromatic N) is 1. The molecule has 1 aromatic rings. The Labute approximate surface area is 136 Å². The fourth-order valence-corrected chi connectivity index (χ4v) is 3.62. The average molecular weight is 357 g/mol. The van der Waals surface area contributed by atoms with Gasteiger partial charge in [0, 0.05) is 36.2 Å². The van der Waals surface area contributed by atoms with Crippen molar-refractivity contribution in [1.82, 2.24) is 10.2 Å². The standard InChI is InChI=1S/C17H26BrFN2/c1-4-16-11-21(17(9-20-16)5-12(2)3)10-13-6-14(18)8-15(19)7-13/h6-8,12,16-17,20H,4-5,9-11H2,1-3H3. The monoisotopic (exact) mass is 356 g/mol. The SMILES string of the molecule is CCC1CN(Cc2cc(F)cc(Br)c2)C(CC(C)C)CN1. The van der Waals surface area contributed by atoms with Gasteiger partial charge in [0.15, 0.2) is 0 Å². The van der Waals surface area contributed by atoms with Crippen LogP contribution >= 0.6 is 15.9 Å². The Kier molecular flexibility index (Phi) is 6.20. The number of halogens is 2. The normalized spacial score (nSPS) is 23.7. The Morgan fingerprint density at radius 3 is 2.76 bits per heavy atom. The number of nitrogens with one attached hydrogen (secondary N) is 1. The molecule has 0 radical (unpaired) electrons. The minimum Gasteiger partial charge on any atom is -0.311 e. The molecule has 118 valence electrons. The Morgan fingerprint density at radius 2 is 2.14 bits per heavy atom. The third-order valence-electron chi connectivity index (χ3n) is 4.16. The van der Waals surface area contributed by atoms with Gasteiger partial charge in [-0.25, -0.2) is 4.39 Å². The Morgan fingerprint density at radius 1 is 1.38 bits per heavy atom. The summed E-state index contributed by atoms with van der Waals surface area (Å²) in [5.41, 5.74) is 1.05. The molecule has 0 spiro atoms. The lowest BCUT2D eigenvalue weighted by atomic mass is 9.97. The fraction of sp³-hybridized carbons (Fsp3) is 0.647. The van der Waals surface area contributed by atoms with Crippen LogP contribution in [-0.2, 0) is 6.54 Å². The molecule has 2 unspecified atom stereocenters. The molecule has 0 aliphatic carbocycles. The van der Waals surface area contributed by atoms with E-state index in [0.29, 0.717) is 18.0 Å². The highest BCUT2D eigenvalue weighted by Crippen LogP contribution is 2.21. The van der Waals surface area contributed by atoms with Crippen molar-refractivity contribution in [3.8, 4) is 0 Å². The third-order valence-corrected chi connectivity index (χ3v) is 4.62. The highest BCUT2D eigenvalue weighted by molar-refractivity contribution is 9.10. The Hall–Kier alpha value is -0.450. The van der Waals surface area contributed by atoms with Crippen LogP contribution in [0.3, 0.4) is 0 Å². The first-order valence-electron chi connectivity index (χ1n) is 7.90. The van der Waals surface area contributed by atoms with Crippen LogP contribution in [0.4, 0.5) is 4.39 Å².